The van der Waals surface area contributed by atoms with Crippen LogP contribution in [0.1, 0.15) is 48.6 Å². The number of rotatable bonds is 6. The van der Waals surface area contributed by atoms with E-state index in [9.17, 15) is 0 Å². The highest BCUT2D eigenvalue weighted by Crippen LogP contribution is 2.29. The van der Waals surface area contributed by atoms with Gasteiger partial charge in [-0.3, -0.25) is 0 Å². The standard InChI is InChI=1S/C19H24BrN/c1-4-12-21-19(16-9-6-8-15(5-2)13-16)17-10-7-11-18(20)14(17)3/h6-11,13,19,21H,4-5,12H2,1-3H3. The van der Waals surface area contributed by atoms with Gasteiger partial charge >= 0.3 is 0 Å². The molecule has 0 saturated carbocycles. The van der Waals surface area contributed by atoms with Gasteiger partial charge in [-0.15, -0.1) is 0 Å². The molecule has 1 N–H and O–H groups in total. The van der Waals surface area contributed by atoms with Crippen molar-refractivity contribution in [1.29, 1.82) is 0 Å². The third-order valence-electron chi connectivity index (χ3n) is 3.91. The third kappa shape index (κ3) is 3.96. The van der Waals surface area contributed by atoms with Crippen LogP contribution in [0.15, 0.2) is 46.9 Å². The average molecular weight is 346 g/mol. The largest absolute Gasteiger partial charge is 0.306 e. The van der Waals surface area contributed by atoms with Crippen molar-refractivity contribution in [3.8, 4) is 0 Å². The molecule has 2 heteroatoms. The van der Waals surface area contributed by atoms with Gasteiger partial charge in [-0.2, -0.15) is 0 Å². The summed E-state index contributed by atoms with van der Waals surface area (Å²) in [5.74, 6) is 0. The highest BCUT2D eigenvalue weighted by Gasteiger charge is 2.16. The first-order chi connectivity index (χ1) is 10.2. The number of nitrogens with one attached hydrogen (secondary N) is 1. The van der Waals surface area contributed by atoms with Gasteiger partial charge in [0.15, 0.2) is 0 Å². The first kappa shape index (κ1) is 16.3. The molecule has 1 atom stereocenters. The van der Waals surface area contributed by atoms with E-state index in [-0.39, 0.29) is 6.04 Å². The van der Waals surface area contributed by atoms with E-state index in [1.54, 1.807) is 0 Å². The van der Waals surface area contributed by atoms with Crippen molar-refractivity contribution in [2.24, 2.45) is 0 Å². The summed E-state index contributed by atoms with van der Waals surface area (Å²) in [5, 5.41) is 3.70. The molecular weight excluding hydrogens is 322 g/mol. The van der Waals surface area contributed by atoms with E-state index in [4.69, 9.17) is 0 Å². The molecule has 0 aromatic heterocycles. The molecule has 0 spiro atoms. The first-order valence-electron chi connectivity index (χ1n) is 7.74. The van der Waals surface area contributed by atoms with Gasteiger partial charge in [-0.05, 0) is 54.6 Å². The Morgan fingerprint density at radius 3 is 2.57 bits per heavy atom. The van der Waals surface area contributed by atoms with E-state index in [0.29, 0.717) is 0 Å². The molecule has 2 aromatic carbocycles. The van der Waals surface area contributed by atoms with Gasteiger partial charge < -0.3 is 5.32 Å². The molecule has 112 valence electrons. The molecule has 0 heterocycles. The zero-order chi connectivity index (χ0) is 15.2. The maximum atomic E-state index is 3.70. The van der Waals surface area contributed by atoms with Crippen molar-refractivity contribution in [3.63, 3.8) is 0 Å². The Labute approximate surface area is 136 Å². The lowest BCUT2D eigenvalue weighted by Gasteiger charge is -2.22. The fourth-order valence-corrected chi connectivity index (χ4v) is 3.01. The SMILES string of the molecule is CCCNC(c1cccc(CC)c1)c1cccc(Br)c1C. The molecule has 0 fully saturated rings. The normalized spacial score (nSPS) is 12.4. The number of aryl methyl sites for hydroxylation is 1. The Hall–Kier alpha value is -1.12. The molecule has 0 aliphatic heterocycles. The van der Waals surface area contributed by atoms with E-state index < -0.39 is 0 Å². The molecule has 0 bridgehead atoms. The van der Waals surface area contributed by atoms with Crippen molar-refractivity contribution >= 4 is 15.9 Å². The molecule has 0 aliphatic rings. The Kier molecular flexibility index (Phi) is 6.01. The smallest absolute Gasteiger partial charge is 0.0579 e. The number of hydrogen-bond acceptors (Lipinski definition) is 1. The molecular formula is C19H24BrN. The molecule has 0 saturated heterocycles. The molecule has 0 amide bonds. The van der Waals surface area contributed by atoms with Crippen LogP contribution in [-0.2, 0) is 6.42 Å². The first-order valence-corrected chi connectivity index (χ1v) is 8.53. The van der Waals surface area contributed by atoms with Crippen LogP contribution in [0.2, 0.25) is 0 Å². The third-order valence-corrected chi connectivity index (χ3v) is 4.77. The minimum atomic E-state index is 0.258. The monoisotopic (exact) mass is 345 g/mol. The van der Waals surface area contributed by atoms with Gasteiger partial charge in [0.25, 0.3) is 0 Å². The van der Waals surface area contributed by atoms with Gasteiger partial charge in [-0.1, -0.05) is 66.2 Å². The molecule has 21 heavy (non-hydrogen) atoms. The van der Waals surface area contributed by atoms with Crippen molar-refractivity contribution in [2.75, 3.05) is 6.54 Å². The molecule has 1 nitrogen and oxygen atoms in total. The van der Waals surface area contributed by atoms with Gasteiger partial charge in [0, 0.05) is 4.47 Å². The van der Waals surface area contributed by atoms with E-state index in [0.717, 1.165) is 19.4 Å². The van der Waals surface area contributed by atoms with Gasteiger partial charge in [0.05, 0.1) is 6.04 Å². The average Bonchev–Trinajstić information content (AvgIpc) is 2.52. The maximum absolute atomic E-state index is 3.70. The van der Waals surface area contributed by atoms with Crippen molar-refractivity contribution < 1.29 is 0 Å². The fourth-order valence-electron chi connectivity index (χ4n) is 2.63. The molecule has 0 aliphatic carbocycles. The predicted molar refractivity (Wildman–Crippen MR) is 94.8 cm³/mol. The summed E-state index contributed by atoms with van der Waals surface area (Å²) in [7, 11) is 0. The molecule has 2 rings (SSSR count). The highest BCUT2D eigenvalue weighted by atomic mass is 79.9. The summed E-state index contributed by atoms with van der Waals surface area (Å²) < 4.78 is 1.18. The molecule has 2 aromatic rings. The van der Waals surface area contributed by atoms with Crippen LogP contribution in [0.4, 0.5) is 0 Å². The van der Waals surface area contributed by atoms with Crippen LogP contribution in [0.5, 0.6) is 0 Å². The van der Waals surface area contributed by atoms with Gasteiger partial charge in [0.1, 0.15) is 0 Å². The van der Waals surface area contributed by atoms with Crippen LogP contribution in [0.25, 0.3) is 0 Å². The summed E-state index contributed by atoms with van der Waals surface area (Å²) in [6.45, 7) is 7.62. The number of hydrogen-bond donors (Lipinski definition) is 1. The molecule has 0 radical (unpaired) electrons. The summed E-state index contributed by atoms with van der Waals surface area (Å²) in [5.41, 5.74) is 5.41. The Morgan fingerprint density at radius 2 is 1.86 bits per heavy atom. The van der Waals surface area contributed by atoms with Crippen LogP contribution in [0, 0.1) is 6.92 Å². The van der Waals surface area contributed by atoms with Crippen LogP contribution < -0.4 is 5.32 Å². The van der Waals surface area contributed by atoms with Crippen molar-refractivity contribution in [1.82, 2.24) is 5.32 Å². The van der Waals surface area contributed by atoms with Crippen LogP contribution >= 0.6 is 15.9 Å². The van der Waals surface area contributed by atoms with Crippen molar-refractivity contribution in [3.05, 3.63) is 69.2 Å². The molecule has 1 unspecified atom stereocenters. The lowest BCUT2D eigenvalue weighted by molar-refractivity contribution is 0.595. The highest BCUT2D eigenvalue weighted by molar-refractivity contribution is 9.10. The predicted octanol–water partition coefficient (Wildman–Crippen LogP) is 5.41. The maximum Gasteiger partial charge on any atom is 0.0579 e. The minimum absolute atomic E-state index is 0.258. The van der Waals surface area contributed by atoms with E-state index in [1.807, 2.05) is 0 Å². The fraction of sp³-hybridized carbons (Fsp3) is 0.368. The minimum Gasteiger partial charge on any atom is -0.306 e. The van der Waals surface area contributed by atoms with Crippen LogP contribution in [0.3, 0.4) is 0 Å². The summed E-state index contributed by atoms with van der Waals surface area (Å²) in [6, 6.07) is 15.6. The summed E-state index contributed by atoms with van der Waals surface area (Å²) in [4.78, 5) is 0. The Morgan fingerprint density at radius 1 is 1.10 bits per heavy atom. The zero-order valence-electron chi connectivity index (χ0n) is 13.1. The van der Waals surface area contributed by atoms with Gasteiger partial charge in [0.2, 0.25) is 0 Å². The van der Waals surface area contributed by atoms with Crippen molar-refractivity contribution in [2.45, 2.75) is 39.7 Å². The van der Waals surface area contributed by atoms with E-state index in [2.05, 4.69) is 84.5 Å². The second-order valence-electron chi connectivity index (χ2n) is 5.44. The van der Waals surface area contributed by atoms with Crippen LogP contribution in [-0.4, -0.2) is 6.54 Å². The second-order valence-corrected chi connectivity index (χ2v) is 6.29. The second kappa shape index (κ2) is 7.77. The quantitative estimate of drug-likeness (QED) is 0.737. The Bertz CT molecular complexity index is 592. The topological polar surface area (TPSA) is 12.0 Å². The van der Waals surface area contributed by atoms with Gasteiger partial charge in [-0.25, -0.2) is 0 Å². The zero-order valence-corrected chi connectivity index (χ0v) is 14.7. The summed E-state index contributed by atoms with van der Waals surface area (Å²) in [6.07, 6.45) is 2.21. The Balaban J connectivity index is 2.44. The lowest BCUT2D eigenvalue weighted by atomic mass is 9.93. The lowest BCUT2D eigenvalue weighted by Crippen LogP contribution is -2.24. The van der Waals surface area contributed by atoms with E-state index in [1.165, 1.54) is 26.7 Å². The summed E-state index contributed by atoms with van der Waals surface area (Å²) >= 11 is 3.66. The number of halogens is 1. The number of benzene rings is 2. The van der Waals surface area contributed by atoms with E-state index >= 15 is 0 Å².